The number of pyridine rings is 1. The molecule has 26 heavy (non-hydrogen) atoms. The third kappa shape index (κ3) is 4.54. The molecule has 0 bridgehead atoms. The summed E-state index contributed by atoms with van der Waals surface area (Å²) in [6.07, 6.45) is 7.83. The van der Waals surface area contributed by atoms with Gasteiger partial charge in [0.2, 0.25) is 0 Å². The minimum absolute atomic E-state index is 0.648. The largest absolute Gasteiger partial charge is 0.249 e. The van der Waals surface area contributed by atoms with Crippen molar-refractivity contribution in [1.82, 2.24) is 4.98 Å². The van der Waals surface area contributed by atoms with Crippen LogP contribution in [0.15, 0.2) is 66.7 Å². The first-order chi connectivity index (χ1) is 12.8. The second kappa shape index (κ2) is 8.24. The topological polar surface area (TPSA) is 60.5 Å². The van der Waals surface area contributed by atoms with Crippen molar-refractivity contribution >= 4 is 24.3 Å². The van der Waals surface area contributed by atoms with Crippen LogP contribution < -0.4 is 0 Å². The molecule has 0 aliphatic carbocycles. The Kier molecular flexibility index (Phi) is 5.35. The van der Waals surface area contributed by atoms with Crippen molar-refractivity contribution in [3.8, 4) is 12.1 Å². The van der Waals surface area contributed by atoms with Crippen LogP contribution in [0.3, 0.4) is 0 Å². The number of benzene rings is 2. The molecule has 3 rings (SSSR count). The molecule has 0 spiro atoms. The fourth-order valence-corrected chi connectivity index (χ4v) is 2.36. The van der Waals surface area contributed by atoms with Gasteiger partial charge in [-0.1, -0.05) is 42.5 Å². The Bertz CT molecular complexity index is 946. The molecule has 0 atom stereocenters. The van der Waals surface area contributed by atoms with Gasteiger partial charge < -0.3 is 0 Å². The van der Waals surface area contributed by atoms with Crippen LogP contribution >= 0.6 is 0 Å². The van der Waals surface area contributed by atoms with E-state index in [0.717, 1.165) is 22.5 Å². The van der Waals surface area contributed by atoms with Gasteiger partial charge in [-0.05, 0) is 59.7 Å². The summed E-state index contributed by atoms with van der Waals surface area (Å²) < 4.78 is 0. The summed E-state index contributed by atoms with van der Waals surface area (Å²) in [5, 5.41) is 17.7. The lowest BCUT2D eigenvalue weighted by Crippen LogP contribution is -1.84. The molecule has 0 saturated carbocycles. The summed E-state index contributed by atoms with van der Waals surface area (Å²) in [6.45, 7) is 0. The van der Waals surface area contributed by atoms with Crippen LogP contribution in [0.25, 0.3) is 24.3 Å². The summed E-state index contributed by atoms with van der Waals surface area (Å²) >= 11 is 0. The van der Waals surface area contributed by atoms with Crippen molar-refractivity contribution in [2.75, 3.05) is 0 Å². The van der Waals surface area contributed by atoms with Gasteiger partial charge in [0.25, 0.3) is 0 Å². The van der Waals surface area contributed by atoms with Gasteiger partial charge >= 0.3 is 0 Å². The highest BCUT2D eigenvalue weighted by atomic mass is 14.7. The standard InChI is InChI=1S/C23H15N3/c24-16-20-8-4-18(5-9-20)12-14-22-2-1-3-23(26-22)15-13-19-6-10-21(17-25)11-7-19/h1-15H. The minimum atomic E-state index is 0.648. The molecule has 3 heteroatoms. The molecule has 1 heterocycles. The van der Waals surface area contributed by atoms with Gasteiger partial charge in [-0.25, -0.2) is 4.98 Å². The number of hydrogen-bond donors (Lipinski definition) is 0. The average molecular weight is 333 g/mol. The van der Waals surface area contributed by atoms with E-state index in [1.807, 2.05) is 66.8 Å². The molecule has 0 fully saturated rings. The number of rotatable bonds is 4. The van der Waals surface area contributed by atoms with Crippen molar-refractivity contribution in [3.63, 3.8) is 0 Å². The van der Waals surface area contributed by atoms with E-state index in [1.54, 1.807) is 24.3 Å². The van der Waals surface area contributed by atoms with E-state index < -0.39 is 0 Å². The zero-order chi connectivity index (χ0) is 18.2. The van der Waals surface area contributed by atoms with Crippen molar-refractivity contribution in [3.05, 3.63) is 100 Å². The molecule has 0 radical (unpaired) electrons. The number of aromatic nitrogens is 1. The highest BCUT2D eigenvalue weighted by Gasteiger charge is 1.94. The van der Waals surface area contributed by atoms with Crippen LogP contribution in [0.2, 0.25) is 0 Å². The predicted molar refractivity (Wildman–Crippen MR) is 104 cm³/mol. The van der Waals surface area contributed by atoms with Gasteiger partial charge in [0.1, 0.15) is 0 Å². The van der Waals surface area contributed by atoms with Crippen molar-refractivity contribution in [2.45, 2.75) is 0 Å². The first kappa shape index (κ1) is 16.9. The Morgan fingerprint density at radius 1 is 0.577 bits per heavy atom. The second-order valence-electron chi connectivity index (χ2n) is 5.62. The third-order valence-electron chi connectivity index (χ3n) is 3.76. The molecule has 0 unspecified atom stereocenters. The molecule has 122 valence electrons. The summed E-state index contributed by atoms with van der Waals surface area (Å²) in [7, 11) is 0. The van der Waals surface area contributed by atoms with Gasteiger partial charge in [0.05, 0.1) is 34.7 Å². The lowest BCUT2D eigenvalue weighted by molar-refractivity contribution is 1.27. The SMILES string of the molecule is N#Cc1ccc(C=Cc2cccc(C=Cc3ccc(C#N)cc3)n2)cc1. The number of hydrogen-bond acceptors (Lipinski definition) is 3. The van der Waals surface area contributed by atoms with Crippen LogP contribution in [0.5, 0.6) is 0 Å². The molecule has 0 N–H and O–H groups in total. The van der Waals surface area contributed by atoms with Crippen LogP contribution in [0.4, 0.5) is 0 Å². The lowest BCUT2D eigenvalue weighted by Gasteiger charge is -1.98. The summed E-state index contributed by atoms with van der Waals surface area (Å²) in [4.78, 5) is 4.59. The minimum Gasteiger partial charge on any atom is -0.249 e. The fraction of sp³-hybridized carbons (Fsp3) is 0. The molecule has 2 aromatic carbocycles. The highest BCUT2D eigenvalue weighted by Crippen LogP contribution is 2.11. The Morgan fingerprint density at radius 3 is 1.38 bits per heavy atom. The quantitative estimate of drug-likeness (QED) is 0.662. The Hall–Kier alpha value is -3.95. The first-order valence-electron chi connectivity index (χ1n) is 8.10. The van der Waals surface area contributed by atoms with E-state index in [9.17, 15) is 0 Å². The zero-order valence-corrected chi connectivity index (χ0v) is 14.0. The van der Waals surface area contributed by atoms with Crippen LogP contribution in [-0.2, 0) is 0 Å². The van der Waals surface area contributed by atoms with Crippen LogP contribution in [0, 0.1) is 22.7 Å². The lowest BCUT2D eigenvalue weighted by atomic mass is 10.1. The molecule has 0 aliphatic heterocycles. The van der Waals surface area contributed by atoms with Crippen molar-refractivity contribution < 1.29 is 0 Å². The normalized spacial score (nSPS) is 10.7. The van der Waals surface area contributed by atoms with E-state index in [0.29, 0.717) is 11.1 Å². The molecular weight excluding hydrogens is 318 g/mol. The maximum atomic E-state index is 8.83. The van der Waals surface area contributed by atoms with Crippen molar-refractivity contribution in [2.24, 2.45) is 0 Å². The van der Waals surface area contributed by atoms with E-state index in [2.05, 4.69) is 17.1 Å². The predicted octanol–water partition coefficient (Wildman–Crippen LogP) is 5.17. The Morgan fingerprint density at radius 2 is 1.00 bits per heavy atom. The molecule has 3 nitrogen and oxygen atoms in total. The average Bonchev–Trinajstić information content (AvgIpc) is 2.72. The highest BCUT2D eigenvalue weighted by molar-refractivity contribution is 5.71. The number of nitriles is 2. The van der Waals surface area contributed by atoms with E-state index in [4.69, 9.17) is 10.5 Å². The first-order valence-corrected chi connectivity index (χ1v) is 8.10. The zero-order valence-electron chi connectivity index (χ0n) is 14.0. The van der Waals surface area contributed by atoms with E-state index in [1.165, 1.54) is 0 Å². The van der Waals surface area contributed by atoms with Gasteiger partial charge in [-0.15, -0.1) is 0 Å². The summed E-state index contributed by atoms with van der Waals surface area (Å²) in [5.74, 6) is 0. The fourth-order valence-electron chi connectivity index (χ4n) is 2.36. The number of nitrogens with zero attached hydrogens (tertiary/aromatic N) is 3. The Balaban J connectivity index is 1.72. The van der Waals surface area contributed by atoms with Crippen LogP contribution in [0.1, 0.15) is 33.6 Å². The van der Waals surface area contributed by atoms with Crippen LogP contribution in [-0.4, -0.2) is 4.98 Å². The van der Waals surface area contributed by atoms with Gasteiger partial charge in [0, 0.05) is 0 Å². The summed E-state index contributed by atoms with van der Waals surface area (Å²) in [6, 6.07) is 24.9. The van der Waals surface area contributed by atoms with Gasteiger partial charge in [-0.2, -0.15) is 10.5 Å². The molecular formula is C23H15N3. The van der Waals surface area contributed by atoms with Gasteiger partial charge in [0.15, 0.2) is 0 Å². The van der Waals surface area contributed by atoms with E-state index in [-0.39, 0.29) is 0 Å². The maximum absolute atomic E-state index is 8.83. The molecule has 1 aromatic heterocycles. The third-order valence-corrected chi connectivity index (χ3v) is 3.76. The monoisotopic (exact) mass is 333 g/mol. The summed E-state index contributed by atoms with van der Waals surface area (Å²) in [5.41, 5.74) is 5.05. The second-order valence-corrected chi connectivity index (χ2v) is 5.62. The molecule has 0 saturated heterocycles. The smallest absolute Gasteiger partial charge is 0.0991 e. The molecule has 0 amide bonds. The van der Waals surface area contributed by atoms with Gasteiger partial charge in [-0.3, -0.25) is 0 Å². The van der Waals surface area contributed by atoms with E-state index >= 15 is 0 Å². The molecule has 0 aliphatic rings. The Labute approximate surface area is 152 Å². The molecule has 3 aromatic rings. The van der Waals surface area contributed by atoms with Crippen molar-refractivity contribution in [1.29, 1.82) is 10.5 Å². The maximum Gasteiger partial charge on any atom is 0.0991 e.